The molecule has 3 heteroatoms. The summed E-state index contributed by atoms with van der Waals surface area (Å²) in [5, 5.41) is 8.31. The molecule has 0 aromatic heterocycles. The number of allylic oxidation sites excluding steroid dienone is 1. The van der Waals surface area contributed by atoms with Gasteiger partial charge in [-0.25, -0.2) is 4.79 Å². The van der Waals surface area contributed by atoms with Gasteiger partial charge < -0.3 is 5.11 Å². The molecule has 0 rings (SSSR count). The maximum absolute atomic E-state index is 10.6. The molecule has 0 saturated heterocycles. The van der Waals surface area contributed by atoms with Crippen LogP contribution in [0.15, 0.2) is 11.6 Å². The number of carboxylic acids is 1. The summed E-state index contributed by atoms with van der Waals surface area (Å²) in [7, 11) is 0. The highest BCUT2D eigenvalue weighted by atomic mass is 16.4. The zero-order valence-electron chi connectivity index (χ0n) is 6.05. The van der Waals surface area contributed by atoms with Crippen LogP contribution in [0.2, 0.25) is 0 Å². The Hall–Kier alpha value is -1.12. The molecule has 0 unspecified atom stereocenters. The zero-order valence-corrected chi connectivity index (χ0v) is 6.05. The van der Waals surface area contributed by atoms with Crippen molar-refractivity contribution in [1.82, 2.24) is 0 Å². The van der Waals surface area contributed by atoms with Gasteiger partial charge in [-0.05, 0) is 13.0 Å². The van der Waals surface area contributed by atoms with Crippen molar-refractivity contribution in [2.45, 2.75) is 20.3 Å². The van der Waals surface area contributed by atoms with Crippen LogP contribution in [-0.2, 0) is 9.59 Å². The Balaban J connectivity index is 4.16. The minimum atomic E-state index is -1.04. The molecule has 0 aliphatic heterocycles. The summed E-state index contributed by atoms with van der Waals surface area (Å²) in [5.41, 5.74) is 0.0897. The van der Waals surface area contributed by atoms with Gasteiger partial charge in [0, 0.05) is 12.0 Å². The Morgan fingerprint density at radius 3 is 2.30 bits per heavy atom. The van der Waals surface area contributed by atoms with Crippen molar-refractivity contribution in [3.05, 3.63) is 11.6 Å². The SMILES string of the molecule is CCC(=O)C=C(C)C(=O)O. The number of aliphatic carboxylic acids is 1. The zero-order chi connectivity index (χ0) is 8.15. The lowest BCUT2D eigenvalue weighted by Gasteiger charge is -1.89. The third kappa shape index (κ3) is 3.02. The highest BCUT2D eigenvalue weighted by Gasteiger charge is 2.01. The minimum Gasteiger partial charge on any atom is -0.478 e. The minimum absolute atomic E-state index is 0.0897. The Morgan fingerprint density at radius 1 is 1.50 bits per heavy atom. The fourth-order valence-electron chi connectivity index (χ4n) is 0.405. The maximum Gasteiger partial charge on any atom is 0.331 e. The van der Waals surface area contributed by atoms with E-state index in [1.165, 1.54) is 6.92 Å². The van der Waals surface area contributed by atoms with Crippen LogP contribution in [0.5, 0.6) is 0 Å². The van der Waals surface area contributed by atoms with E-state index in [9.17, 15) is 9.59 Å². The predicted molar refractivity (Wildman–Crippen MR) is 36.7 cm³/mol. The number of carboxylic acid groups (broad SMARTS) is 1. The third-order valence-electron chi connectivity index (χ3n) is 1.06. The van der Waals surface area contributed by atoms with Crippen LogP contribution < -0.4 is 0 Å². The lowest BCUT2D eigenvalue weighted by molar-refractivity contribution is -0.132. The van der Waals surface area contributed by atoms with Gasteiger partial charge in [0.05, 0.1) is 0 Å². The number of carbonyl (C=O) groups is 2. The van der Waals surface area contributed by atoms with Crippen molar-refractivity contribution in [2.75, 3.05) is 0 Å². The number of ketones is 1. The van der Waals surface area contributed by atoms with E-state index in [0.29, 0.717) is 6.42 Å². The first kappa shape index (κ1) is 8.88. The molecule has 0 amide bonds. The standard InChI is InChI=1S/C7H10O3/c1-3-6(8)4-5(2)7(9)10/h4H,3H2,1-2H3,(H,9,10). The first-order valence-electron chi connectivity index (χ1n) is 3.02. The molecule has 0 bridgehead atoms. The quantitative estimate of drug-likeness (QED) is 0.598. The molecule has 0 aliphatic carbocycles. The van der Waals surface area contributed by atoms with E-state index in [4.69, 9.17) is 5.11 Å². The monoisotopic (exact) mass is 142 g/mol. The van der Waals surface area contributed by atoms with Gasteiger partial charge in [-0.3, -0.25) is 4.79 Å². The second-order valence-electron chi connectivity index (χ2n) is 1.95. The number of carbonyl (C=O) groups excluding carboxylic acids is 1. The van der Waals surface area contributed by atoms with Gasteiger partial charge in [0.25, 0.3) is 0 Å². The summed E-state index contributed by atoms with van der Waals surface area (Å²) >= 11 is 0. The first-order valence-corrected chi connectivity index (χ1v) is 3.02. The Kier molecular flexibility index (Phi) is 3.39. The molecule has 10 heavy (non-hydrogen) atoms. The van der Waals surface area contributed by atoms with Crippen molar-refractivity contribution >= 4 is 11.8 Å². The molecule has 0 atom stereocenters. The molecular weight excluding hydrogens is 132 g/mol. The van der Waals surface area contributed by atoms with Gasteiger partial charge in [0.2, 0.25) is 0 Å². The summed E-state index contributed by atoms with van der Waals surface area (Å²) in [6, 6.07) is 0. The highest BCUT2D eigenvalue weighted by molar-refractivity contribution is 5.98. The van der Waals surface area contributed by atoms with Crippen LogP contribution in [0.4, 0.5) is 0 Å². The Morgan fingerprint density at radius 2 is 2.00 bits per heavy atom. The first-order chi connectivity index (χ1) is 4.57. The summed E-state index contributed by atoms with van der Waals surface area (Å²) in [5.74, 6) is -1.19. The van der Waals surface area contributed by atoms with E-state index in [0.717, 1.165) is 6.08 Å². The van der Waals surface area contributed by atoms with Crippen molar-refractivity contribution in [2.24, 2.45) is 0 Å². The topological polar surface area (TPSA) is 54.4 Å². The van der Waals surface area contributed by atoms with Crippen LogP contribution in [0.1, 0.15) is 20.3 Å². The van der Waals surface area contributed by atoms with Crippen molar-refractivity contribution in [1.29, 1.82) is 0 Å². The van der Waals surface area contributed by atoms with Gasteiger partial charge in [-0.15, -0.1) is 0 Å². The average molecular weight is 142 g/mol. The highest BCUT2D eigenvalue weighted by Crippen LogP contribution is 1.93. The van der Waals surface area contributed by atoms with Crippen LogP contribution in [0.25, 0.3) is 0 Å². The largest absolute Gasteiger partial charge is 0.478 e. The number of hydrogen-bond acceptors (Lipinski definition) is 2. The van der Waals surface area contributed by atoms with Gasteiger partial charge >= 0.3 is 5.97 Å². The molecule has 0 aliphatic rings. The molecule has 0 fully saturated rings. The second kappa shape index (κ2) is 3.82. The van der Waals surface area contributed by atoms with Gasteiger partial charge in [-0.1, -0.05) is 6.92 Å². The van der Waals surface area contributed by atoms with Crippen LogP contribution in [-0.4, -0.2) is 16.9 Å². The second-order valence-corrected chi connectivity index (χ2v) is 1.95. The van der Waals surface area contributed by atoms with E-state index >= 15 is 0 Å². The molecule has 0 radical (unpaired) electrons. The lowest BCUT2D eigenvalue weighted by atomic mass is 10.2. The van der Waals surface area contributed by atoms with Gasteiger partial charge in [-0.2, -0.15) is 0 Å². The molecule has 0 aromatic carbocycles. The van der Waals surface area contributed by atoms with E-state index in [2.05, 4.69) is 0 Å². The summed E-state index contributed by atoms with van der Waals surface area (Å²) in [4.78, 5) is 20.7. The molecular formula is C7H10O3. The molecule has 0 spiro atoms. The molecule has 1 N–H and O–H groups in total. The van der Waals surface area contributed by atoms with Crippen LogP contribution >= 0.6 is 0 Å². The van der Waals surface area contributed by atoms with Crippen LogP contribution in [0, 0.1) is 0 Å². The summed E-state index contributed by atoms with van der Waals surface area (Å²) < 4.78 is 0. The molecule has 0 aromatic rings. The number of rotatable bonds is 3. The van der Waals surface area contributed by atoms with Gasteiger partial charge in [0.15, 0.2) is 5.78 Å². The van der Waals surface area contributed by atoms with Crippen LogP contribution in [0.3, 0.4) is 0 Å². The molecule has 3 nitrogen and oxygen atoms in total. The number of hydrogen-bond donors (Lipinski definition) is 1. The Labute approximate surface area is 59.4 Å². The van der Waals surface area contributed by atoms with E-state index in [1.807, 2.05) is 0 Å². The fraction of sp³-hybridized carbons (Fsp3) is 0.429. The smallest absolute Gasteiger partial charge is 0.331 e. The molecule has 56 valence electrons. The molecule has 0 heterocycles. The third-order valence-corrected chi connectivity index (χ3v) is 1.06. The molecule has 0 saturated carbocycles. The van der Waals surface area contributed by atoms with Gasteiger partial charge in [0.1, 0.15) is 0 Å². The lowest BCUT2D eigenvalue weighted by Crippen LogP contribution is -1.99. The maximum atomic E-state index is 10.6. The summed E-state index contributed by atoms with van der Waals surface area (Å²) in [6.45, 7) is 3.09. The van der Waals surface area contributed by atoms with E-state index < -0.39 is 5.97 Å². The van der Waals surface area contributed by atoms with Crippen molar-refractivity contribution < 1.29 is 14.7 Å². The van der Waals surface area contributed by atoms with E-state index in [-0.39, 0.29) is 11.4 Å². The van der Waals surface area contributed by atoms with E-state index in [1.54, 1.807) is 6.92 Å². The average Bonchev–Trinajstić information content (AvgIpc) is 1.87. The predicted octanol–water partition coefficient (Wildman–Crippen LogP) is 0.996. The normalized spacial score (nSPS) is 11.2. The Bertz CT molecular complexity index is 179. The van der Waals surface area contributed by atoms with Crippen molar-refractivity contribution in [3.8, 4) is 0 Å². The summed E-state index contributed by atoms with van der Waals surface area (Å²) in [6.07, 6.45) is 1.49. The fourth-order valence-corrected chi connectivity index (χ4v) is 0.405. The van der Waals surface area contributed by atoms with Crippen molar-refractivity contribution in [3.63, 3.8) is 0 Å².